The number of aromatic amines is 2. The lowest BCUT2D eigenvalue weighted by Crippen LogP contribution is -2.54. The molecule has 4 aliphatic rings. The number of carbonyl (C=O) groups excluding carboxylic acids is 2. The molecule has 5 unspecified atom stereocenters. The Balaban J connectivity index is 0.778. The predicted molar refractivity (Wildman–Crippen MR) is 207 cm³/mol. The molecule has 2 aliphatic heterocycles. The van der Waals surface area contributed by atoms with Crippen molar-refractivity contribution in [1.29, 1.82) is 0 Å². The first-order valence-corrected chi connectivity index (χ1v) is 19.9. The molecule has 298 valence electrons. The molecule has 6 aromatic rings. The molecule has 0 spiro atoms. The van der Waals surface area contributed by atoms with Gasteiger partial charge in [0.25, 0.3) is 0 Å². The Kier molecular flexibility index (Phi) is 8.71. The number of β-lactam (4-membered cyclic amide) rings is 2. The summed E-state index contributed by atoms with van der Waals surface area (Å²) in [5, 5.41) is 0. The number of carbonyl (C=O) groups is 2. The van der Waals surface area contributed by atoms with E-state index in [2.05, 4.69) is 15.0 Å². The van der Waals surface area contributed by atoms with Crippen LogP contribution in [0.1, 0.15) is 80.9 Å². The van der Waals surface area contributed by atoms with Crippen molar-refractivity contribution in [2.75, 3.05) is 23.0 Å². The topological polar surface area (TPSA) is 116 Å². The number of H-pyrrole nitrogens is 2. The monoisotopic (exact) mass is 792 g/mol. The Morgan fingerprint density at radius 1 is 0.707 bits per heavy atom. The number of halogens is 4. The molecule has 4 aromatic carbocycles. The average Bonchev–Trinajstić information content (AvgIpc) is 4.09. The molecule has 14 heteroatoms. The molecule has 2 saturated heterocycles. The lowest BCUT2D eigenvalue weighted by atomic mass is 9.82. The molecule has 2 N–H and O–H groups in total. The summed E-state index contributed by atoms with van der Waals surface area (Å²) in [6.07, 6.45) is 6.21. The third-order valence-electron chi connectivity index (χ3n) is 12.4. The molecule has 10 nitrogen and oxygen atoms in total. The van der Waals surface area contributed by atoms with Crippen LogP contribution in [0.15, 0.2) is 67.0 Å². The van der Waals surface area contributed by atoms with E-state index in [0.29, 0.717) is 46.9 Å². The van der Waals surface area contributed by atoms with Crippen molar-refractivity contribution >= 4 is 45.3 Å². The summed E-state index contributed by atoms with van der Waals surface area (Å²) in [5.41, 5.74) is 3.50. The van der Waals surface area contributed by atoms with Crippen molar-refractivity contribution in [2.45, 2.75) is 64.0 Å². The van der Waals surface area contributed by atoms with Gasteiger partial charge in [-0.1, -0.05) is 26.7 Å². The number of hydrogen-bond donors (Lipinski definition) is 2. The summed E-state index contributed by atoms with van der Waals surface area (Å²) in [6.45, 7) is 3.97. The van der Waals surface area contributed by atoms with Crippen molar-refractivity contribution in [3.63, 3.8) is 0 Å². The highest BCUT2D eigenvalue weighted by Gasteiger charge is 2.50. The highest BCUT2D eigenvalue weighted by molar-refractivity contribution is 6.05. The predicted octanol–water partition coefficient (Wildman–Crippen LogP) is 9.20. The first-order chi connectivity index (χ1) is 28.0. The quantitative estimate of drug-likeness (QED) is 0.0891. The number of nitrogens with one attached hydrogen (secondary N) is 2. The summed E-state index contributed by atoms with van der Waals surface area (Å²) in [7, 11) is 0. The molecule has 2 amide bonds. The van der Waals surface area contributed by atoms with Gasteiger partial charge in [-0.15, -0.1) is 0 Å². The number of nitrogens with zero attached hydrogens (tertiary/aromatic N) is 4. The fourth-order valence-electron chi connectivity index (χ4n) is 8.85. The minimum atomic E-state index is -0.817. The fourth-order valence-corrected chi connectivity index (χ4v) is 8.85. The summed E-state index contributed by atoms with van der Waals surface area (Å²) in [4.78, 5) is 44.2. The zero-order valence-corrected chi connectivity index (χ0v) is 31.8. The minimum absolute atomic E-state index is 0.0667. The Bertz CT molecular complexity index is 2580. The Morgan fingerprint density at radius 2 is 1.24 bits per heavy atom. The number of rotatable bonds is 13. The van der Waals surface area contributed by atoms with E-state index in [0.717, 1.165) is 24.2 Å². The second-order valence-electron chi connectivity index (χ2n) is 16.2. The summed E-state index contributed by atoms with van der Waals surface area (Å²) in [5.74, 6) is -2.78. The number of fused-ring (bicyclic) bond motifs is 2. The SMILES string of the molecule is CC1C(=O)N(c2ccc3nc(C4CC4CCOc4cc(F)c(C5[C@H](C)C(=O)N5c5ccc6nc[nH]c6c5)c(F)c4)[nH]c3c2)C1c1c(F)cc(OCCC2CC2)cc1F. The second kappa shape index (κ2) is 13.9. The van der Waals surface area contributed by atoms with Crippen LogP contribution in [0.4, 0.5) is 28.9 Å². The highest BCUT2D eigenvalue weighted by Crippen LogP contribution is 2.50. The van der Waals surface area contributed by atoms with Gasteiger partial charge in [-0.3, -0.25) is 9.59 Å². The van der Waals surface area contributed by atoms with E-state index in [4.69, 9.17) is 14.5 Å². The Hall–Kier alpha value is -5.92. The van der Waals surface area contributed by atoms with Crippen LogP contribution >= 0.6 is 0 Å². The number of anilines is 2. The van der Waals surface area contributed by atoms with Crippen LogP contribution in [0.5, 0.6) is 11.5 Å². The van der Waals surface area contributed by atoms with Crippen molar-refractivity contribution in [1.82, 2.24) is 19.9 Å². The van der Waals surface area contributed by atoms with Crippen LogP contribution in [-0.2, 0) is 9.59 Å². The van der Waals surface area contributed by atoms with Crippen LogP contribution in [0.25, 0.3) is 22.1 Å². The van der Waals surface area contributed by atoms with Gasteiger partial charge in [0.15, 0.2) is 0 Å². The van der Waals surface area contributed by atoms with E-state index in [1.54, 1.807) is 56.6 Å². The van der Waals surface area contributed by atoms with Crippen LogP contribution in [0.3, 0.4) is 0 Å². The van der Waals surface area contributed by atoms with Gasteiger partial charge in [0.1, 0.15) is 40.6 Å². The number of imidazole rings is 2. The van der Waals surface area contributed by atoms with Crippen molar-refractivity contribution in [2.24, 2.45) is 23.7 Å². The van der Waals surface area contributed by atoms with E-state index >= 15 is 17.6 Å². The molecule has 2 aromatic heterocycles. The number of aromatic nitrogens is 4. The van der Waals surface area contributed by atoms with Crippen molar-refractivity contribution in [3.05, 3.63) is 107 Å². The van der Waals surface area contributed by atoms with Gasteiger partial charge in [0, 0.05) is 52.7 Å². The van der Waals surface area contributed by atoms with Crippen molar-refractivity contribution < 1.29 is 36.6 Å². The lowest BCUT2D eigenvalue weighted by Gasteiger charge is -2.46. The van der Waals surface area contributed by atoms with E-state index in [9.17, 15) is 9.59 Å². The van der Waals surface area contributed by atoms with Crippen LogP contribution in [0.2, 0.25) is 0 Å². The maximum Gasteiger partial charge on any atom is 0.232 e. The smallest absolute Gasteiger partial charge is 0.232 e. The van der Waals surface area contributed by atoms with Gasteiger partial charge >= 0.3 is 0 Å². The zero-order valence-electron chi connectivity index (χ0n) is 31.8. The van der Waals surface area contributed by atoms with Gasteiger partial charge in [-0.2, -0.15) is 0 Å². The first kappa shape index (κ1) is 36.4. The number of amides is 2. The fraction of sp³-hybridized carbons (Fsp3) is 0.364. The van der Waals surface area contributed by atoms with E-state index in [1.807, 2.05) is 0 Å². The molecular weight excluding hydrogens is 753 g/mol. The van der Waals surface area contributed by atoms with Gasteiger partial charge < -0.3 is 29.2 Å². The molecule has 2 saturated carbocycles. The second-order valence-corrected chi connectivity index (χ2v) is 16.2. The molecule has 0 bridgehead atoms. The summed E-state index contributed by atoms with van der Waals surface area (Å²) < 4.78 is 73.5. The first-order valence-electron chi connectivity index (χ1n) is 19.9. The van der Waals surface area contributed by atoms with Gasteiger partial charge in [-0.25, -0.2) is 27.5 Å². The third kappa shape index (κ3) is 6.24. The van der Waals surface area contributed by atoms with Crippen LogP contribution in [-0.4, -0.2) is 45.0 Å². The maximum absolute atomic E-state index is 15.6. The molecule has 10 rings (SSSR count). The molecule has 0 radical (unpaired) electrons. The number of benzene rings is 4. The van der Waals surface area contributed by atoms with E-state index in [1.165, 1.54) is 46.9 Å². The Labute approximate surface area is 330 Å². The Morgan fingerprint density at radius 3 is 1.81 bits per heavy atom. The normalized spacial score (nSPS) is 24.0. The molecule has 4 heterocycles. The van der Waals surface area contributed by atoms with Gasteiger partial charge in [0.05, 0.1) is 65.5 Å². The molecule has 4 fully saturated rings. The largest absolute Gasteiger partial charge is 0.493 e. The van der Waals surface area contributed by atoms with Crippen LogP contribution in [0, 0.1) is 46.9 Å². The zero-order chi connectivity index (χ0) is 40.0. The van der Waals surface area contributed by atoms with Crippen molar-refractivity contribution in [3.8, 4) is 11.5 Å². The molecule has 58 heavy (non-hydrogen) atoms. The highest BCUT2D eigenvalue weighted by atomic mass is 19.1. The summed E-state index contributed by atoms with van der Waals surface area (Å²) in [6, 6.07) is 13.6. The third-order valence-corrected chi connectivity index (χ3v) is 12.4. The molecule has 2 aliphatic carbocycles. The average molecular weight is 793 g/mol. The van der Waals surface area contributed by atoms with E-state index in [-0.39, 0.29) is 52.9 Å². The molecular formula is C44H40F4N6O4. The lowest BCUT2D eigenvalue weighted by molar-refractivity contribution is -0.130. The van der Waals surface area contributed by atoms with Crippen LogP contribution < -0.4 is 19.3 Å². The van der Waals surface area contributed by atoms with E-state index < -0.39 is 47.2 Å². The minimum Gasteiger partial charge on any atom is -0.493 e. The summed E-state index contributed by atoms with van der Waals surface area (Å²) >= 11 is 0. The van der Waals surface area contributed by atoms with Gasteiger partial charge in [0.2, 0.25) is 11.8 Å². The maximum atomic E-state index is 15.6. The molecule has 6 atom stereocenters. The number of ether oxygens (including phenoxy) is 2. The number of hydrogen-bond acceptors (Lipinski definition) is 6. The van der Waals surface area contributed by atoms with Gasteiger partial charge in [-0.05, 0) is 67.5 Å². The standard InChI is InChI=1S/C44H40F4N6O4/c1-21-40(53(43(21)55)25-5-7-34-36(14-25)50-20-49-34)38-32(47)18-28(19-33(38)48)58-12-10-24-13-29(24)42-51-35-8-6-26(15-37(35)52-42)54-41(22(2)44(54)56)39-30(45)16-27(17-31(39)46)57-11-9-23-3-4-23/h5-8,14-24,29,40-41H,3-4,9-13H2,1-2H3,(H,49,50)(H,51,52)/t21-,22?,24?,29?,40?,41?/m0/s1.